The van der Waals surface area contributed by atoms with Crippen molar-refractivity contribution in [2.24, 2.45) is 0 Å². The van der Waals surface area contributed by atoms with Crippen LogP contribution < -0.4 is 14.8 Å². The first kappa shape index (κ1) is 15.9. The topological polar surface area (TPSA) is 47.6 Å². The van der Waals surface area contributed by atoms with Crippen molar-refractivity contribution in [3.05, 3.63) is 59.1 Å². The van der Waals surface area contributed by atoms with Crippen LogP contribution in [0.2, 0.25) is 5.02 Å². The molecule has 0 radical (unpaired) electrons. The van der Waals surface area contributed by atoms with E-state index in [2.05, 4.69) is 5.32 Å². The Morgan fingerprint density at radius 1 is 1.09 bits per heavy atom. The predicted octanol–water partition coefficient (Wildman–Crippen LogP) is 4.01. The van der Waals surface area contributed by atoms with E-state index in [1.807, 2.05) is 24.3 Å². The van der Waals surface area contributed by atoms with E-state index in [-0.39, 0.29) is 5.91 Å². The Balaban J connectivity index is 2.13. The smallest absolute Gasteiger partial charge is 0.248 e. The number of anilines is 1. The van der Waals surface area contributed by atoms with E-state index < -0.39 is 0 Å². The number of benzene rings is 2. The van der Waals surface area contributed by atoms with Gasteiger partial charge >= 0.3 is 0 Å². The Bertz CT molecular complexity index is 698. The van der Waals surface area contributed by atoms with Gasteiger partial charge in [-0.2, -0.15) is 0 Å². The molecule has 0 heterocycles. The third-order valence-corrected chi connectivity index (χ3v) is 3.21. The molecule has 0 fully saturated rings. The van der Waals surface area contributed by atoms with Crippen LogP contribution in [0.5, 0.6) is 11.5 Å². The van der Waals surface area contributed by atoms with Gasteiger partial charge < -0.3 is 14.8 Å². The zero-order chi connectivity index (χ0) is 15.9. The van der Waals surface area contributed by atoms with Crippen molar-refractivity contribution >= 4 is 29.3 Å². The summed E-state index contributed by atoms with van der Waals surface area (Å²) in [5.41, 5.74) is 1.34. The standard InChI is InChI=1S/C17H16ClNO3/c1-21-15-6-4-3-5-12(15)7-10-17(20)19-14-11-13(18)8-9-16(14)22-2/h3-11H,1-2H3,(H,19,20)/b10-7+. The van der Waals surface area contributed by atoms with Gasteiger partial charge in [0.15, 0.2) is 0 Å². The van der Waals surface area contributed by atoms with Crippen LogP contribution in [0.3, 0.4) is 0 Å². The Kier molecular flexibility index (Phi) is 5.44. The van der Waals surface area contributed by atoms with Crippen LogP contribution in [0.25, 0.3) is 6.08 Å². The first-order valence-corrected chi connectivity index (χ1v) is 6.97. The maximum absolute atomic E-state index is 12.0. The number of para-hydroxylation sites is 1. The van der Waals surface area contributed by atoms with E-state index >= 15 is 0 Å². The Labute approximate surface area is 134 Å². The summed E-state index contributed by atoms with van der Waals surface area (Å²) in [4.78, 5) is 12.0. The van der Waals surface area contributed by atoms with E-state index in [0.29, 0.717) is 22.2 Å². The minimum absolute atomic E-state index is 0.286. The molecule has 0 aliphatic carbocycles. The molecule has 2 aromatic rings. The number of hydrogen-bond acceptors (Lipinski definition) is 3. The summed E-state index contributed by atoms with van der Waals surface area (Å²) in [6.07, 6.45) is 3.11. The molecular weight excluding hydrogens is 302 g/mol. The van der Waals surface area contributed by atoms with Crippen molar-refractivity contribution in [3.8, 4) is 11.5 Å². The second kappa shape index (κ2) is 7.52. The SMILES string of the molecule is COc1ccccc1/C=C/C(=O)Nc1cc(Cl)ccc1OC. The molecule has 2 rings (SSSR count). The molecule has 0 atom stereocenters. The van der Waals surface area contributed by atoms with Crippen LogP contribution in [0.15, 0.2) is 48.5 Å². The molecule has 0 unspecified atom stereocenters. The predicted molar refractivity (Wildman–Crippen MR) is 88.7 cm³/mol. The molecule has 0 aliphatic rings. The molecule has 0 aliphatic heterocycles. The maximum Gasteiger partial charge on any atom is 0.248 e. The van der Waals surface area contributed by atoms with Crippen LogP contribution in [0, 0.1) is 0 Å². The third kappa shape index (κ3) is 4.02. The van der Waals surface area contributed by atoms with Crippen LogP contribution in [0.4, 0.5) is 5.69 Å². The summed E-state index contributed by atoms with van der Waals surface area (Å²) >= 11 is 5.93. The Hall–Kier alpha value is -2.46. The first-order valence-electron chi connectivity index (χ1n) is 6.59. The second-order valence-corrected chi connectivity index (χ2v) is 4.85. The fraction of sp³-hybridized carbons (Fsp3) is 0.118. The average Bonchev–Trinajstić information content (AvgIpc) is 2.53. The van der Waals surface area contributed by atoms with Gasteiger partial charge in [0, 0.05) is 16.7 Å². The monoisotopic (exact) mass is 317 g/mol. The quantitative estimate of drug-likeness (QED) is 0.848. The van der Waals surface area contributed by atoms with E-state index in [4.69, 9.17) is 21.1 Å². The summed E-state index contributed by atoms with van der Waals surface area (Å²) in [6.45, 7) is 0. The van der Waals surface area contributed by atoms with Crippen molar-refractivity contribution in [3.63, 3.8) is 0 Å². The number of nitrogens with one attached hydrogen (secondary N) is 1. The van der Waals surface area contributed by atoms with Gasteiger partial charge in [-0.05, 0) is 30.3 Å². The van der Waals surface area contributed by atoms with Crippen molar-refractivity contribution in [2.75, 3.05) is 19.5 Å². The highest BCUT2D eigenvalue weighted by Crippen LogP contribution is 2.27. The Morgan fingerprint density at radius 3 is 2.55 bits per heavy atom. The summed E-state index contributed by atoms with van der Waals surface area (Å²) in [5, 5.41) is 3.25. The fourth-order valence-corrected chi connectivity index (χ4v) is 2.09. The van der Waals surface area contributed by atoms with E-state index in [1.165, 1.54) is 13.2 Å². The fourth-order valence-electron chi connectivity index (χ4n) is 1.92. The summed E-state index contributed by atoms with van der Waals surface area (Å²) in [5.74, 6) is 0.960. The molecule has 0 bridgehead atoms. The van der Waals surface area contributed by atoms with Crippen LogP contribution in [0.1, 0.15) is 5.56 Å². The minimum Gasteiger partial charge on any atom is -0.496 e. The number of hydrogen-bond donors (Lipinski definition) is 1. The number of carbonyl (C=O) groups is 1. The van der Waals surface area contributed by atoms with Crippen LogP contribution in [-0.2, 0) is 4.79 Å². The number of ether oxygens (including phenoxy) is 2. The van der Waals surface area contributed by atoms with Crippen LogP contribution >= 0.6 is 11.6 Å². The first-order chi connectivity index (χ1) is 10.6. The lowest BCUT2D eigenvalue weighted by atomic mass is 10.2. The maximum atomic E-state index is 12.0. The Morgan fingerprint density at radius 2 is 1.82 bits per heavy atom. The highest BCUT2D eigenvalue weighted by Gasteiger charge is 2.06. The lowest BCUT2D eigenvalue weighted by Crippen LogP contribution is -2.08. The van der Waals surface area contributed by atoms with Crippen molar-refractivity contribution in [2.45, 2.75) is 0 Å². The number of amides is 1. The molecule has 2 aromatic carbocycles. The molecule has 22 heavy (non-hydrogen) atoms. The number of rotatable bonds is 5. The molecule has 0 saturated carbocycles. The molecule has 0 saturated heterocycles. The van der Waals surface area contributed by atoms with E-state index in [1.54, 1.807) is 31.4 Å². The second-order valence-electron chi connectivity index (χ2n) is 4.41. The molecule has 1 amide bonds. The van der Waals surface area contributed by atoms with Crippen molar-refractivity contribution in [1.29, 1.82) is 0 Å². The summed E-state index contributed by atoms with van der Waals surface area (Å²) in [6, 6.07) is 12.5. The van der Waals surface area contributed by atoms with E-state index in [9.17, 15) is 4.79 Å². The zero-order valence-corrected chi connectivity index (χ0v) is 13.1. The molecule has 114 valence electrons. The molecule has 0 spiro atoms. The van der Waals surface area contributed by atoms with Gasteiger partial charge in [-0.3, -0.25) is 4.79 Å². The van der Waals surface area contributed by atoms with Gasteiger partial charge in [-0.15, -0.1) is 0 Å². The summed E-state index contributed by atoms with van der Waals surface area (Å²) in [7, 11) is 3.12. The molecule has 4 nitrogen and oxygen atoms in total. The van der Waals surface area contributed by atoms with Crippen molar-refractivity contribution in [1.82, 2.24) is 0 Å². The third-order valence-electron chi connectivity index (χ3n) is 2.97. The van der Waals surface area contributed by atoms with Gasteiger partial charge in [0.25, 0.3) is 0 Å². The highest BCUT2D eigenvalue weighted by atomic mass is 35.5. The lowest BCUT2D eigenvalue weighted by molar-refractivity contribution is -0.111. The van der Waals surface area contributed by atoms with Gasteiger partial charge in [0.05, 0.1) is 19.9 Å². The van der Waals surface area contributed by atoms with Gasteiger partial charge in [0.2, 0.25) is 5.91 Å². The number of carbonyl (C=O) groups excluding carboxylic acids is 1. The lowest BCUT2D eigenvalue weighted by Gasteiger charge is -2.09. The number of halogens is 1. The zero-order valence-electron chi connectivity index (χ0n) is 12.3. The molecule has 5 heteroatoms. The van der Waals surface area contributed by atoms with Crippen molar-refractivity contribution < 1.29 is 14.3 Å². The number of methoxy groups -OCH3 is 2. The molecule has 0 aromatic heterocycles. The van der Waals surface area contributed by atoms with Crippen LogP contribution in [-0.4, -0.2) is 20.1 Å². The average molecular weight is 318 g/mol. The highest BCUT2D eigenvalue weighted by molar-refractivity contribution is 6.31. The van der Waals surface area contributed by atoms with E-state index in [0.717, 1.165) is 5.56 Å². The largest absolute Gasteiger partial charge is 0.496 e. The van der Waals surface area contributed by atoms with Gasteiger partial charge in [0.1, 0.15) is 11.5 Å². The normalized spacial score (nSPS) is 10.5. The summed E-state index contributed by atoms with van der Waals surface area (Å²) < 4.78 is 10.4. The van der Waals surface area contributed by atoms with Gasteiger partial charge in [-0.1, -0.05) is 29.8 Å². The molecule has 1 N–H and O–H groups in total. The molecular formula is C17H16ClNO3. The van der Waals surface area contributed by atoms with Gasteiger partial charge in [-0.25, -0.2) is 0 Å². The minimum atomic E-state index is -0.286.